The summed E-state index contributed by atoms with van der Waals surface area (Å²) in [4.78, 5) is 27.3. The Balaban J connectivity index is 2.08. The van der Waals surface area contributed by atoms with Crippen LogP contribution in [0.2, 0.25) is 5.02 Å². The minimum absolute atomic E-state index is 0.131. The van der Waals surface area contributed by atoms with E-state index in [1.807, 2.05) is 38.9 Å². The van der Waals surface area contributed by atoms with Crippen LogP contribution in [0.3, 0.4) is 0 Å². The van der Waals surface area contributed by atoms with Gasteiger partial charge in [-0.2, -0.15) is 0 Å². The van der Waals surface area contributed by atoms with Crippen molar-refractivity contribution in [2.75, 3.05) is 20.6 Å². The molecule has 7 heteroatoms. The molecule has 0 bridgehead atoms. The van der Waals surface area contributed by atoms with E-state index in [-0.39, 0.29) is 30.2 Å². The van der Waals surface area contributed by atoms with Gasteiger partial charge in [-0.15, -0.1) is 0 Å². The Morgan fingerprint density at radius 2 is 1.79 bits per heavy atom. The molecule has 0 aromatic heterocycles. The van der Waals surface area contributed by atoms with Crippen LogP contribution in [0.25, 0.3) is 0 Å². The number of nitrogens with one attached hydrogen (secondary N) is 2. The van der Waals surface area contributed by atoms with E-state index in [4.69, 9.17) is 11.6 Å². The zero-order valence-corrected chi connectivity index (χ0v) is 17.8. The molecule has 156 valence electrons. The Hall–Kier alpha value is -2.44. The molecule has 2 amide bonds. The first-order valence-electron chi connectivity index (χ1n) is 9.45. The smallest absolute Gasteiger partial charge is 0.253 e. The Morgan fingerprint density at radius 1 is 1.10 bits per heavy atom. The molecular weight excluding hydrogens is 393 g/mol. The predicted molar refractivity (Wildman–Crippen MR) is 113 cm³/mol. The van der Waals surface area contributed by atoms with E-state index in [1.54, 1.807) is 30.3 Å². The first-order chi connectivity index (χ1) is 13.7. The van der Waals surface area contributed by atoms with E-state index < -0.39 is 11.9 Å². The minimum Gasteiger partial charge on any atom is -0.352 e. The maximum atomic E-state index is 13.6. The summed E-state index contributed by atoms with van der Waals surface area (Å²) in [5, 5.41) is 5.98. The average molecular weight is 420 g/mol. The fourth-order valence-electron chi connectivity index (χ4n) is 3.02. The van der Waals surface area contributed by atoms with Crippen LogP contribution in [0.1, 0.15) is 35.8 Å². The van der Waals surface area contributed by atoms with Crippen LogP contribution < -0.4 is 10.6 Å². The van der Waals surface area contributed by atoms with Gasteiger partial charge in [-0.3, -0.25) is 9.59 Å². The summed E-state index contributed by atoms with van der Waals surface area (Å²) in [5.74, 6) is -1.16. The van der Waals surface area contributed by atoms with Crippen LogP contribution in [0.5, 0.6) is 0 Å². The maximum Gasteiger partial charge on any atom is 0.253 e. The summed E-state index contributed by atoms with van der Waals surface area (Å²) < 4.78 is 13.6. The van der Waals surface area contributed by atoms with Crippen molar-refractivity contribution in [2.24, 2.45) is 5.92 Å². The molecule has 0 saturated carbocycles. The molecule has 0 aliphatic heterocycles. The maximum absolute atomic E-state index is 13.6. The first kappa shape index (κ1) is 22.8. The number of likely N-dealkylation sites (N-methyl/N-ethyl adjacent to an activating group) is 1. The average Bonchev–Trinajstić information content (AvgIpc) is 2.65. The Labute approximate surface area is 176 Å². The topological polar surface area (TPSA) is 61.4 Å². The summed E-state index contributed by atoms with van der Waals surface area (Å²) in [6.07, 6.45) is 0. The van der Waals surface area contributed by atoms with Crippen molar-refractivity contribution in [3.63, 3.8) is 0 Å². The highest BCUT2D eigenvalue weighted by Gasteiger charge is 2.26. The fraction of sp³-hybridized carbons (Fsp3) is 0.364. The van der Waals surface area contributed by atoms with Crippen molar-refractivity contribution in [3.05, 3.63) is 70.5 Å². The third kappa shape index (κ3) is 6.27. The molecule has 0 heterocycles. The normalized spacial score (nSPS) is 13.2. The quantitative estimate of drug-likeness (QED) is 0.686. The highest BCUT2D eigenvalue weighted by molar-refractivity contribution is 6.33. The lowest BCUT2D eigenvalue weighted by Crippen LogP contribution is -2.51. The van der Waals surface area contributed by atoms with E-state index in [0.29, 0.717) is 10.6 Å². The molecular formula is C22H27ClFN3O2. The van der Waals surface area contributed by atoms with Crippen molar-refractivity contribution >= 4 is 23.4 Å². The zero-order chi connectivity index (χ0) is 21.6. The summed E-state index contributed by atoms with van der Waals surface area (Å²) in [7, 11) is 3.72. The molecule has 29 heavy (non-hydrogen) atoms. The number of carbonyl (C=O) groups excluding carboxylic acids is 2. The SMILES string of the molecule is CC(C)[C@H](NC(=O)c1ccccc1Cl)C(=O)NC[C@H](c1cccc(F)c1)N(C)C. The summed E-state index contributed by atoms with van der Waals surface area (Å²) in [5.41, 5.74) is 1.08. The molecule has 0 unspecified atom stereocenters. The second kappa shape index (κ2) is 10.4. The van der Waals surface area contributed by atoms with Gasteiger partial charge < -0.3 is 15.5 Å². The zero-order valence-electron chi connectivity index (χ0n) is 17.1. The van der Waals surface area contributed by atoms with Crippen LogP contribution in [-0.4, -0.2) is 43.4 Å². The van der Waals surface area contributed by atoms with E-state index in [9.17, 15) is 14.0 Å². The number of benzene rings is 2. The molecule has 0 fully saturated rings. The molecule has 0 saturated heterocycles. The lowest BCUT2D eigenvalue weighted by Gasteiger charge is -2.27. The Kier molecular flexibility index (Phi) is 8.17. The molecule has 5 nitrogen and oxygen atoms in total. The third-order valence-electron chi connectivity index (χ3n) is 4.68. The van der Waals surface area contributed by atoms with Gasteiger partial charge in [-0.05, 0) is 49.8 Å². The van der Waals surface area contributed by atoms with Crippen LogP contribution >= 0.6 is 11.6 Å². The van der Waals surface area contributed by atoms with Crippen LogP contribution in [0.4, 0.5) is 4.39 Å². The minimum atomic E-state index is -0.728. The summed E-state index contributed by atoms with van der Waals surface area (Å²) in [6, 6.07) is 12.1. The highest BCUT2D eigenvalue weighted by atomic mass is 35.5. The fourth-order valence-corrected chi connectivity index (χ4v) is 3.24. The molecule has 2 N–H and O–H groups in total. The molecule has 0 spiro atoms. The number of halogens is 2. The van der Waals surface area contributed by atoms with Crippen molar-refractivity contribution < 1.29 is 14.0 Å². The van der Waals surface area contributed by atoms with E-state index in [0.717, 1.165) is 5.56 Å². The molecule has 0 radical (unpaired) electrons. The van der Waals surface area contributed by atoms with Gasteiger partial charge in [0.2, 0.25) is 5.91 Å². The number of carbonyl (C=O) groups is 2. The van der Waals surface area contributed by atoms with Gasteiger partial charge in [0.15, 0.2) is 0 Å². The largest absolute Gasteiger partial charge is 0.352 e. The molecule has 0 aliphatic carbocycles. The number of hydrogen-bond acceptors (Lipinski definition) is 3. The molecule has 2 atom stereocenters. The number of nitrogens with zero attached hydrogens (tertiary/aromatic N) is 1. The Morgan fingerprint density at radius 3 is 2.38 bits per heavy atom. The van der Waals surface area contributed by atoms with E-state index >= 15 is 0 Å². The molecule has 0 aliphatic rings. The van der Waals surface area contributed by atoms with Gasteiger partial charge in [0.1, 0.15) is 11.9 Å². The van der Waals surface area contributed by atoms with E-state index in [1.165, 1.54) is 12.1 Å². The number of hydrogen-bond donors (Lipinski definition) is 2. The number of amides is 2. The van der Waals surface area contributed by atoms with Gasteiger partial charge in [-0.1, -0.05) is 49.7 Å². The van der Waals surface area contributed by atoms with Gasteiger partial charge in [0.05, 0.1) is 16.6 Å². The van der Waals surface area contributed by atoms with Crippen molar-refractivity contribution in [2.45, 2.75) is 25.9 Å². The lowest BCUT2D eigenvalue weighted by atomic mass is 10.0. The standard InChI is InChI=1S/C22H27ClFN3O2/c1-14(2)20(26-21(28)17-10-5-6-11-18(17)23)22(29)25-13-19(27(3)4)15-8-7-9-16(24)12-15/h5-12,14,19-20H,13H2,1-4H3,(H,25,29)(H,26,28)/t19-,20+/m1/s1. The monoisotopic (exact) mass is 419 g/mol. The third-order valence-corrected chi connectivity index (χ3v) is 5.01. The summed E-state index contributed by atoms with van der Waals surface area (Å²) in [6.45, 7) is 3.99. The lowest BCUT2D eigenvalue weighted by molar-refractivity contribution is -0.124. The van der Waals surface area contributed by atoms with Crippen molar-refractivity contribution in [1.29, 1.82) is 0 Å². The van der Waals surface area contributed by atoms with Crippen molar-refractivity contribution in [3.8, 4) is 0 Å². The predicted octanol–water partition coefficient (Wildman–Crippen LogP) is 3.65. The second-order valence-electron chi connectivity index (χ2n) is 7.45. The van der Waals surface area contributed by atoms with Crippen LogP contribution in [0.15, 0.2) is 48.5 Å². The van der Waals surface area contributed by atoms with E-state index in [2.05, 4.69) is 10.6 Å². The number of rotatable bonds is 8. The second-order valence-corrected chi connectivity index (χ2v) is 7.86. The molecule has 2 aromatic carbocycles. The first-order valence-corrected chi connectivity index (χ1v) is 9.83. The van der Waals surface area contributed by atoms with Gasteiger partial charge in [-0.25, -0.2) is 4.39 Å². The van der Waals surface area contributed by atoms with Crippen LogP contribution in [0, 0.1) is 11.7 Å². The van der Waals surface area contributed by atoms with Gasteiger partial charge >= 0.3 is 0 Å². The molecule has 2 rings (SSSR count). The van der Waals surface area contributed by atoms with Crippen molar-refractivity contribution in [1.82, 2.24) is 15.5 Å². The molecule has 2 aromatic rings. The highest BCUT2D eigenvalue weighted by Crippen LogP contribution is 2.19. The van der Waals surface area contributed by atoms with Gasteiger partial charge in [0.25, 0.3) is 5.91 Å². The Bertz CT molecular complexity index is 857. The van der Waals surface area contributed by atoms with Gasteiger partial charge in [0, 0.05) is 6.54 Å². The summed E-state index contributed by atoms with van der Waals surface area (Å²) >= 11 is 6.08. The van der Waals surface area contributed by atoms with Crippen LogP contribution in [-0.2, 0) is 4.79 Å².